The highest BCUT2D eigenvalue weighted by Gasteiger charge is 2.29. The van der Waals surface area contributed by atoms with Gasteiger partial charge in [0.25, 0.3) is 5.56 Å². The van der Waals surface area contributed by atoms with Crippen LogP contribution in [0.25, 0.3) is 10.2 Å². The Morgan fingerprint density at radius 2 is 2.36 bits per heavy atom. The third-order valence-corrected chi connectivity index (χ3v) is 7.18. The summed E-state index contributed by atoms with van der Waals surface area (Å²) in [6, 6.07) is 0. The molecule has 0 spiro atoms. The van der Waals surface area contributed by atoms with Crippen LogP contribution in [0.1, 0.15) is 44.1 Å². The normalized spacial score (nSPS) is 20.4. The predicted molar refractivity (Wildman–Crippen MR) is 113 cm³/mol. The van der Waals surface area contributed by atoms with Crippen molar-refractivity contribution in [2.45, 2.75) is 61.6 Å². The maximum absolute atomic E-state index is 13.2. The van der Waals surface area contributed by atoms with E-state index in [1.54, 1.807) is 10.6 Å². The van der Waals surface area contributed by atoms with Crippen LogP contribution in [-0.4, -0.2) is 40.0 Å². The van der Waals surface area contributed by atoms with E-state index in [-0.39, 0.29) is 22.8 Å². The van der Waals surface area contributed by atoms with Crippen LogP contribution in [0.4, 0.5) is 0 Å². The molecule has 1 aliphatic carbocycles. The molecule has 1 saturated heterocycles. The van der Waals surface area contributed by atoms with E-state index in [9.17, 15) is 9.59 Å². The predicted octanol–water partition coefficient (Wildman–Crippen LogP) is 3.30. The molecule has 0 bridgehead atoms. The largest absolute Gasteiger partial charge is 0.376 e. The molecule has 3 heterocycles. The number of aromatic nitrogens is 2. The quantitative estimate of drug-likeness (QED) is 0.404. The molecular weight excluding hydrogens is 394 g/mol. The first kappa shape index (κ1) is 19.7. The highest BCUT2D eigenvalue weighted by Crippen LogP contribution is 2.44. The summed E-state index contributed by atoms with van der Waals surface area (Å²) in [5, 5.41) is 5.99. The van der Waals surface area contributed by atoms with Crippen LogP contribution in [0.2, 0.25) is 0 Å². The molecule has 1 amide bonds. The zero-order valence-electron chi connectivity index (χ0n) is 16.0. The molecule has 0 aromatic carbocycles. The summed E-state index contributed by atoms with van der Waals surface area (Å²) in [6.45, 7) is 7.30. The number of ether oxygens (including phenoxy) is 1. The van der Waals surface area contributed by atoms with Crippen LogP contribution in [-0.2, 0) is 16.1 Å². The Morgan fingerprint density at radius 1 is 1.54 bits per heavy atom. The number of thiophene rings is 1. The van der Waals surface area contributed by atoms with E-state index in [4.69, 9.17) is 9.72 Å². The van der Waals surface area contributed by atoms with Crippen molar-refractivity contribution < 1.29 is 9.53 Å². The van der Waals surface area contributed by atoms with Gasteiger partial charge in [0, 0.05) is 19.7 Å². The molecule has 6 nitrogen and oxygen atoms in total. The van der Waals surface area contributed by atoms with Crippen LogP contribution in [0.15, 0.2) is 28.0 Å². The Morgan fingerprint density at radius 3 is 3.04 bits per heavy atom. The van der Waals surface area contributed by atoms with Gasteiger partial charge in [-0.1, -0.05) is 17.8 Å². The van der Waals surface area contributed by atoms with Crippen LogP contribution in [0.3, 0.4) is 0 Å². The van der Waals surface area contributed by atoms with Crippen molar-refractivity contribution in [2.75, 3.05) is 13.2 Å². The lowest BCUT2D eigenvalue weighted by atomic mass is 10.1. The van der Waals surface area contributed by atoms with Crippen molar-refractivity contribution in [1.29, 1.82) is 0 Å². The van der Waals surface area contributed by atoms with E-state index in [0.29, 0.717) is 24.2 Å². The number of nitrogens with one attached hydrogen (secondary N) is 1. The zero-order valence-corrected chi connectivity index (χ0v) is 17.6. The number of thioether (sulfide) groups is 1. The number of nitrogens with zero attached hydrogens (tertiary/aromatic N) is 2. The highest BCUT2D eigenvalue weighted by molar-refractivity contribution is 8.00. The maximum atomic E-state index is 13.2. The van der Waals surface area contributed by atoms with Crippen molar-refractivity contribution in [3.63, 3.8) is 0 Å². The minimum Gasteiger partial charge on any atom is -0.376 e. The van der Waals surface area contributed by atoms with E-state index in [2.05, 4.69) is 17.3 Å². The Labute approximate surface area is 172 Å². The van der Waals surface area contributed by atoms with Crippen LogP contribution >= 0.6 is 23.1 Å². The van der Waals surface area contributed by atoms with Gasteiger partial charge >= 0.3 is 0 Å². The fourth-order valence-electron chi connectivity index (χ4n) is 3.48. The van der Waals surface area contributed by atoms with Gasteiger partial charge in [-0.25, -0.2) is 4.98 Å². The fraction of sp³-hybridized carbons (Fsp3) is 0.550. The van der Waals surface area contributed by atoms with Gasteiger partial charge in [0.15, 0.2) is 5.16 Å². The molecule has 8 heteroatoms. The molecule has 150 valence electrons. The van der Waals surface area contributed by atoms with Crippen LogP contribution in [0, 0.1) is 0 Å². The SMILES string of the molecule is C=CCn1c(S[C@H](C)C(=O)NC[C@H]2CCCO2)nc2scc(C3CC3)c2c1=O. The smallest absolute Gasteiger partial charge is 0.263 e. The lowest BCUT2D eigenvalue weighted by molar-refractivity contribution is -0.120. The fourth-order valence-corrected chi connectivity index (χ4v) is 5.48. The third kappa shape index (κ3) is 4.04. The number of carbonyl (C=O) groups excluding carboxylic acids is 1. The lowest BCUT2D eigenvalue weighted by Crippen LogP contribution is -2.37. The van der Waals surface area contributed by atoms with Crippen molar-refractivity contribution in [2.24, 2.45) is 0 Å². The maximum Gasteiger partial charge on any atom is 0.263 e. The van der Waals surface area contributed by atoms with Crippen molar-refractivity contribution in [3.8, 4) is 0 Å². The van der Waals surface area contributed by atoms with Crippen molar-refractivity contribution in [3.05, 3.63) is 34.0 Å². The summed E-state index contributed by atoms with van der Waals surface area (Å²) in [7, 11) is 0. The Bertz CT molecular complexity index is 942. The molecule has 28 heavy (non-hydrogen) atoms. The highest BCUT2D eigenvalue weighted by atomic mass is 32.2. The zero-order chi connectivity index (χ0) is 19.7. The Kier molecular flexibility index (Phi) is 5.89. The van der Waals surface area contributed by atoms with E-state index in [1.807, 2.05) is 6.92 Å². The molecule has 0 unspecified atom stereocenters. The number of amides is 1. The van der Waals surface area contributed by atoms with Crippen molar-refractivity contribution >= 4 is 39.2 Å². The molecule has 1 N–H and O–H groups in total. The van der Waals surface area contributed by atoms with Gasteiger partial charge in [-0.3, -0.25) is 14.2 Å². The molecule has 1 saturated carbocycles. The Hall–Kier alpha value is -1.64. The van der Waals surface area contributed by atoms with Gasteiger partial charge < -0.3 is 10.1 Å². The van der Waals surface area contributed by atoms with E-state index in [0.717, 1.165) is 48.1 Å². The van der Waals surface area contributed by atoms with Crippen LogP contribution in [0.5, 0.6) is 0 Å². The summed E-state index contributed by atoms with van der Waals surface area (Å²) in [5.41, 5.74) is 1.11. The number of rotatable bonds is 8. The molecule has 2 atom stereocenters. The monoisotopic (exact) mass is 419 g/mol. The standard InChI is InChI=1S/C20H25N3O3S2/c1-3-8-23-19(25)16-15(13-6-7-13)11-27-18(16)22-20(23)28-12(2)17(24)21-10-14-5-4-9-26-14/h3,11-14H,1,4-10H2,2H3,(H,21,24)/t12-,14-/m1/s1. The number of hydrogen-bond donors (Lipinski definition) is 1. The molecule has 1 aliphatic heterocycles. The van der Waals surface area contributed by atoms with Gasteiger partial charge in [-0.2, -0.15) is 0 Å². The van der Waals surface area contributed by atoms with Gasteiger partial charge in [-0.15, -0.1) is 17.9 Å². The van der Waals surface area contributed by atoms with Gasteiger partial charge in [0.1, 0.15) is 4.83 Å². The summed E-state index contributed by atoms with van der Waals surface area (Å²) < 4.78 is 7.20. The van der Waals surface area contributed by atoms with Gasteiger partial charge in [0.05, 0.1) is 16.7 Å². The van der Waals surface area contributed by atoms with E-state index in [1.165, 1.54) is 23.1 Å². The molecule has 4 rings (SSSR count). The Balaban J connectivity index is 1.54. The second-order valence-corrected chi connectivity index (χ2v) is 9.55. The lowest BCUT2D eigenvalue weighted by Gasteiger charge is -2.16. The first-order valence-corrected chi connectivity index (χ1v) is 11.5. The average Bonchev–Trinajstić information content (AvgIpc) is 3.22. The minimum atomic E-state index is -0.357. The first-order chi connectivity index (χ1) is 13.6. The second kappa shape index (κ2) is 8.39. The molecule has 2 fully saturated rings. The summed E-state index contributed by atoms with van der Waals surface area (Å²) in [5.74, 6) is 0.436. The summed E-state index contributed by atoms with van der Waals surface area (Å²) in [6.07, 6.45) is 6.13. The molecular formula is C20H25N3O3S2. The summed E-state index contributed by atoms with van der Waals surface area (Å²) in [4.78, 5) is 31.2. The van der Waals surface area contributed by atoms with Crippen LogP contribution < -0.4 is 10.9 Å². The topological polar surface area (TPSA) is 73.2 Å². The second-order valence-electron chi connectivity index (χ2n) is 7.38. The number of allylic oxidation sites excluding steroid dienone is 1. The van der Waals surface area contributed by atoms with E-state index >= 15 is 0 Å². The molecule has 2 aromatic rings. The third-order valence-electron chi connectivity index (χ3n) is 5.20. The minimum absolute atomic E-state index is 0.0255. The number of hydrogen-bond acceptors (Lipinski definition) is 6. The molecule has 0 radical (unpaired) electrons. The molecule has 2 aliphatic rings. The average molecular weight is 420 g/mol. The van der Waals surface area contributed by atoms with Crippen molar-refractivity contribution in [1.82, 2.24) is 14.9 Å². The van der Waals surface area contributed by atoms with E-state index < -0.39 is 0 Å². The first-order valence-electron chi connectivity index (χ1n) is 9.77. The van der Waals surface area contributed by atoms with Gasteiger partial charge in [-0.05, 0) is 49.5 Å². The number of fused-ring (bicyclic) bond motifs is 1. The number of carbonyl (C=O) groups is 1. The summed E-state index contributed by atoms with van der Waals surface area (Å²) >= 11 is 2.84. The van der Waals surface area contributed by atoms with Gasteiger partial charge in [0.2, 0.25) is 5.91 Å². The molecule has 2 aromatic heterocycles.